The van der Waals surface area contributed by atoms with Crippen LogP contribution in [0.1, 0.15) is 23.2 Å². The number of benzene rings is 1. The number of hydrogen-bond donors (Lipinski definition) is 1. The molecule has 24 heavy (non-hydrogen) atoms. The molecule has 1 aromatic carbocycles. The third-order valence-corrected chi connectivity index (χ3v) is 4.75. The van der Waals surface area contributed by atoms with E-state index in [2.05, 4.69) is 39.1 Å². The Morgan fingerprint density at radius 2 is 2.00 bits per heavy atom. The van der Waals surface area contributed by atoms with Crippen LogP contribution < -0.4 is 4.90 Å². The molecule has 0 aliphatic carbocycles. The fourth-order valence-corrected chi connectivity index (χ4v) is 3.26. The predicted molar refractivity (Wildman–Crippen MR) is 96.1 cm³/mol. The Kier molecular flexibility index (Phi) is 4.83. The van der Waals surface area contributed by atoms with Gasteiger partial charge in [-0.05, 0) is 31.4 Å². The zero-order valence-electron chi connectivity index (χ0n) is 14.7. The summed E-state index contributed by atoms with van der Waals surface area (Å²) < 4.78 is 0. The number of aliphatic hydroxyl groups is 1. The van der Waals surface area contributed by atoms with Crippen LogP contribution in [0.25, 0.3) is 0 Å². The molecule has 1 N–H and O–H groups in total. The highest BCUT2D eigenvalue weighted by molar-refractivity contribution is 5.32. The lowest BCUT2D eigenvalue weighted by Crippen LogP contribution is -2.44. The van der Waals surface area contributed by atoms with Crippen molar-refractivity contribution in [2.75, 3.05) is 31.6 Å². The van der Waals surface area contributed by atoms with Gasteiger partial charge in [0, 0.05) is 38.6 Å². The number of nitrogens with zero attached hydrogens (tertiary/aromatic N) is 4. The fourth-order valence-electron chi connectivity index (χ4n) is 3.26. The van der Waals surface area contributed by atoms with Crippen molar-refractivity contribution in [3.05, 3.63) is 53.3 Å². The minimum Gasteiger partial charge on any atom is -0.387 e. The molecule has 1 aliphatic rings. The number of hydrogen-bond acceptors (Lipinski definition) is 5. The average molecular weight is 326 g/mol. The first kappa shape index (κ1) is 16.9. The Morgan fingerprint density at radius 3 is 2.71 bits per heavy atom. The summed E-state index contributed by atoms with van der Waals surface area (Å²) in [4.78, 5) is 13.2. The van der Waals surface area contributed by atoms with Crippen LogP contribution in [-0.2, 0) is 6.54 Å². The van der Waals surface area contributed by atoms with E-state index in [0.29, 0.717) is 19.0 Å². The molecule has 5 heteroatoms. The molecule has 2 heterocycles. The molecule has 128 valence electrons. The summed E-state index contributed by atoms with van der Waals surface area (Å²) in [6, 6.07) is 10.4. The molecule has 0 spiro atoms. The SMILES string of the molecule is Cc1cnc(N(C)CC2(O)CCN(Cc3ccccc3)C2)nc1C. The second kappa shape index (κ2) is 6.87. The summed E-state index contributed by atoms with van der Waals surface area (Å²) in [5.74, 6) is 0.674. The van der Waals surface area contributed by atoms with Gasteiger partial charge in [-0.15, -0.1) is 0 Å². The summed E-state index contributed by atoms with van der Waals surface area (Å²) in [7, 11) is 1.95. The highest BCUT2D eigenvalue weighted by atomic mass is 16.3. The normalized spacial score (nSPS) is 21.2. The lowest BCUT2D eigenvalue weighted by molar-refractivity contribution is 0.0559. The molecule has 1 atom stereocenters. The predicted octanol–water partition coefficient (Wildman–Crippen LogP) is 2.17. The van der Waals surface area contributed by atoms with Gasteiger partial charge in [0.05, 0.1) is 12.1 Å². The molecule has 0 bridgehead atoms. The second-order valence-corrected chi connectivity index (χ2v) is 6.97. The van der Waals surface area contributed by atoms with E-state index in [4.69, 9.17) is 0 Å². The van der Waals surface area contributed by atoms with Crippen LogP contribution in [0, 0.1) is 13.8 Å². The molecule has 1 aliphatic heterocycles. The topological polar surface area (TPSA) is 52.5 Å². The Labute approximate surface area is 144 Å². The maximum absolute atomic E-state index is 11.0. The highest BCUT2D eigenvalue weighted by Gasteiger charge is 2.37. The summed E-state index contributed by atoms with van der Waals surface area (Å²) in [5, 5.41) is 11.0. The van der Waals surface area contributed by atoms with Crippen molar-refractivity contribution < 1.29 is 5.11 Å². The number of rotatable bonds is 5. The van der Waals surface area contributed by atoms with Crippen LogP contribution in [0.5, 0.6) is 0 Å². The summed E-state index contributed by atoms with van der Waals surface area (Å²) in [5.41, 5.74) is 2.63. The van der Waals surface area contributed by atoms with Gasteiger partial charge in [0.15, 0.2) is 0 Å². The van der Waals surface area contributed by atoms with Crippen molar-refractivity contribution in [3.63, 3.8) is 0 Å². The highest BCUT2D eigenvalue weighted by Crippen LogP contribution is 2.25. The molecule has 0 saturated carbocycles. The largest absolute Gasteiger partial charge is 0.387 e. The van der Waals surface area contributed by atoms with E-state index in [0.717, 1.165) is 30.8 Å². The van der Waals surface area contributed by atoms with E-state index >= 15 is 0 Å². The molecule has 5 nitrogen and oxygen atoms in total. The van der Waals surface area contributed by atoms with Gasteiger partial charge in [0.1, 0.15) is 0 Å². The van der Waals surface area contributed by atoms with Crippen LogP contribution in [0.4, 0.5) is 5.95 Å². The van der Waals surface area contributed by atoms with Gasteiger partial charge in [0.2, 0.25) is 5.95 Å². The molecular formula is C19H26N4O. The van der Waals surface area contributed by atoms with Gasteiger partial charge in [0.25, 0.3) is 0 Å². The minimum atomic E-state index is -0.717. The fraction of sp³-hybridized carbons (Fsp3) is 0.474. The molecule has 0 radical (unpaired) electrons. The van der Waals surface area contributed by atoms with Crippen molar-refractivity contribution in [3.8, 4) is 0 Å². The monoisotopic (exact) mass is 326 g/mol. The smallest absolute Gasteiger partial charge is 0.225 e. The number of β-amino-alcohol motifs (C(OH)–C–C–N with tert-alkyl or cyclic N) is 1. The van der Waals surface area contributed by atoms with Crippen LogP contribution in [0.2, 0.25) is 0 Å². The molecule has 1 aromatic heterocycles. The van der Waals surface area contributed by atoms with Crippen molar-refractivity contribution >= 4 is 5.95 Å². The van der Waals surface area contributed by atoms with E-state index in [1.165, 1.54) is 5.56 Å². The second-order valence-electron chi connectivity index (χ2n) is 6.97. The van der Waals surface area contributed by atoms with Crippen molar-refractivity contribution in [2.24, 2.45) is 0 Å². The molecule has 1 fully saturated rings. The minimum absolute atomic E-state index is 0.542. The van der Waals surface area contributed by atoms with Crippen LogP contribution in [0.15, 0.2) is 36.5 Å². The molecule has 3 rings (SSSR count). The average Bonchev–Trinajstić information content (AvgIpc) is 2.91. The van der Waals surface area contributed by atoms with E-state index in [9.17, 15) is 5.11 Å². The molecular weight excluding hydrogens is 300 g/mol. The first-order valence-corrected chi connectivity index (χ1v) is 8.45. The van der Waals surface area contributed by atoms with E-state index in [1.54, 1.807) is 0 Å². The Balaban J connectivity index is 1.61. The van der Waals surface area contributed by atoms with Crippen LogP contribution >= 0.6 is 0 Å². The van der Waals surface area contributed by atoms with Crippen molar-refractivity contribution in [2.45, 2.75) is 32.4 Å². The maximum atomic E-state index is 11.0. The van der Waals surface area contributed by atoms with Crippen LogP contribution in [-0.4, -0.2) is 52.3 Å². The standard InChI is InChI=1S/C19H26N4O/c1-15-11-20-18(21-16(15)2)22(3)13-19(24)9-10-23(14-19)12-17-7-5-4-6-8-17/h4-8,11,24H,9-10,12-14H2,1-3H3. The van der Waals surface area contributed by atoms with Crippen LogP contribution in [0.3, 0.4) is 0 Å². The van der Waals surface area contributed by atoms with E-state index in [-0.39, 0.29) is 0 Å². The van der Waals surface area contributed by atoms with E-state index < -0.39 is 5.60 Å². The molecule has 0 amide bonds. The summed E-state index contributed by atoms with van der Waals surface area (Å²) >= 11 is 0. The summed E-state index contributed by atoms with van der Waals surface area (Å²) in [6.07, 6.45) is 2.61. The third-order valence-electron chi connectivity index (χ3n) is 4.75. The lowest BCUT2D eigenvalue weighted by atomic mass is 10.0. The number of likely N-dealkylation sites (tertiary alicyclic amines) is 1. The number of aryl methyl sites for hydroxylation is 2. The number of anilines is 1. The van der Waals surface area contributed by atoms with Gasteiger partial charge >= 0.3 is 0 Å². The Morgan fingerprint density at radius 1 is 1.25 bits per heavy atom. The number of likely N-dealkylation sites (N-methyl/N-ethyl adjacent to an activating group) is 1. The van der Waals surface area contributed by atoms with Crippen molar-refractivity contribution in [1.29, 1.82) is 0 Å². The Bertz CT molecular complexity index is 691. The van der Waals surface area contributed by atoms with E-state index in [1.807, 2.05) is 38.1 Å². The van der Waals surface area contributed by atoms with Gasteiger partial charge < -0.3 is 10.0 Å². The van der Waals surface area contributed by atoms with Gasteiger partial charge in [-0.3, -0.25) is 4.90 Å². The Hall–Kier alpha value is -1.98. The quantitative estimate of drug-likeness (QED) is 0.912. The maximum Gasteiger partial charge on any atom is 0.225 e. The molecule has 1 saturated heterocycles. The first-order valence-electron chi connectivity index (χ1n) is 8.45. The molecule has 1 unspecified atom stereocenters. The lowest BCUT2D eigenvalue weighted by Gasteiger charge is -2.29. The van der Waals surface area contributed by atoms with Gasteiger partial charge in [-0.1, -0.05) is 30.3 Å². The van der Waals surface area contributed by atoms with Gasteiger partial charge in [-0.2, -0.15) is 0 Å². The zero-order valence-corrected chi connectivity index (χ0v) is 14.7. The first-order chi connectivity index (χ1) is 11.5. The third kappa shape index (κ3) is 3.91. The number of aromatic nitrogens is 2. The summed E-state index contributed by atoms with van der Waals surface area (Å²) in [6.45, 7) is 7.00. The van der Waals surface area contributed by atoms with Crippen molar-refractivity contribution in [1.82, 2.24) is 14.9 Å². The van der Waals surface area contributed by atoms with Gasteiger partial charge in [-0.25, -0.2) is 9.97 Å². The zero-order chi connectivity index (χ0) is 17.2. The molecule has 2 aromatic rings.